The first-order valence-electron chi connectivity index (χ1n) is 8.80. The molecule has 7 heteroatoms. The Bertz CT molecular complexity index is 682. The molecule has 6 nitrogen and oxygen atoms in total. The second-order valence-corrected chi connectivity index (χ2v) is 8.82. The highest BCUT2D eigenvalue weighted by molar-refractivity contribution is 7.89. The Morgan fingerprint density at radius 3 is 2.56 bits per heavy atom. The molecule has 1 aromatic carbocycles. The van der Waals surface area contributed by atoms with E-state index in [1.54, 1.807) is 6.92 Å². The lowest BCUT2D eigenvalue weighted by atomic mass is 9.97. The Morgan fingerprint density at radius 2 is 1.96 bits per heavy atom. The van der Waals surface area contributed by atoms with Gasteiger partial charge in [-0.3, -0.25) is 4.79 Å². The van der Waals surface area contributed by atoms with E-state index in [1.165, 1.54) is 4.31 Å². The number of amides is 1. The number of ether oxygens (including phenoxy) is 1. The number of aryl methyl sites for hydroxylation is 1. The van der Waals surface area contributed by atoms with Crippen LogP contribution in [0.3, 0.4) is 0 Å². The minimum absolute atomic E-state index is 0.0190. The minimum Gasteiger partial charge on any atom is -0.491 e. The van der Waals surface area contributed by atoms with Crippen molar-refractivity contribution in [1.29, 1.82) is 0 Å². The molecular weight excluding hydrogens is 340 g/mol. The zero-order valence-electron chi connectivity index (χ0n) is 15.2. The number of hydrogen-bond acceptors (Lipinski definition) is 4. The Labute approximate surface area is 150 Å². The van der Waals surface area contributed by atoms with Crippen molar-refractivity contribution in [1.82, 2.24) is 9.62 Å². The van der Waals surface area contributed by atoms with Crippen molar-refractivity contribution in [2.24, 2.45) is 5.92 Å². The van der Waals surface area contributed by atoms with E-state index >= 15 is 0 Å². The van der Waals surface area contributed by atoms with E-state index in [4.69, 9.17) is 4.74 Å². The third kappa shape index (κ3) is 5.44. The van der Waals surface area contributed by atoms with Gasteiger partial charge in [0, 0.05) is 19.0 Å². The van der Waals surface area contributed by atoms with E-state index in [-0.39, 0.29) is 23.6 Å². The molecule has 1 amide bonds. The van der Waals surface area contributed by atoms with Crippen LogP contribution in [-0.2, 0) is 14.8 Å². The number of piperidine rings is 1. The van der Waals surface area contributed by atoms with Crippen molar-refractivity contribution < 1.29 is 17.9 Å². The van der Waals surface area contributed by atoms with Gasteiger partial charge in [-0.05, 0) is 45.2 Å². The summed E-state index contributed by atoms with van der Waals surface area (Å²) in [6.45, 7) is 6.78. The molecule has 1 atom stereocenters. The molecule has 0 aliphatic carbocycles. The maximum absolute atomic E-state index is 12.4. The molecule has 0 bridgehead atoms. The van der Waals surface area contributed by atoms with Crippen molar-refractivity contribution in [3.05, 3.63) is 29.8 Å². The molecule has 1 fully saturated rings. The highest BCUT2D eigenvalue weighted by Gasteiger charge is 2.30. The summed E-state index contributed by atoms with van der Waals surface area (Å²) in [5.41, 5.74) is 1.06. The van der Waals surface area contributed by atoms with Gasteiger partial charge in [-0.25, -0.2) is 12.7 Å². The number of hydrogen-bond donors (Lipinski definition) is 1. The molecule has 140 valence electrons. The zero-order valence-corrected chi connectivity index (χ0v) is 16.0. The lowest BCUT2D eigenvalue weighted by molar-refractivity contribution is -0.126. The molecule has 0 radical (unpaired) electrons. The Balaban J connectivity index is 1.77. The second-order valence-electron chi connectivity index (χ2n) is 6.56. The van der Waals surface area contributed by atoms with E-state index in [0.29, 0.717) is 32.5 Å². The minimum atomic E-state index is -3.16. The average Bonchev–Trinajstić information content (AvgIpc) is 2.61. The van der Waals surface area contributed by atoms with Gasteiger partial charge in [-0.15, -0.1) is 0 Å². The summed E-state index contributed by atoms with van der Waals surface area (Å²) >= 11 is 0. The van der Waals surface area contributed by atoms with Gasteiger partial charge in [0.25, 0.3) is 0 Å². The molecule has 1 aromatic rings. The molecule has 1 heterocycles. The number of carbonyl (C=O) groups excluding carboxylic acids is 1. The standard InChI is InChI=1S/C18H28N2O4S/c1-4-25(22,23)20-11-9-16(10-12-20)18(21)19-15(3)13-24-17-8-6-5-7-14(17)2/h5-8,15-16H,4,9-13H2,1-3H3,(H,19,21)/t15-/m1/s1. The predicted octanol–water partition coefficient (Wildman–Crippen LogP) is 1.94. The fraction of sp³-hybridized carbons (Fsp3) is 0.611. The number of nitrogens with zero attached hydrogens (tertiary/aromatic N) is 1. The molecule has 0 saturated carbocycles. The highest BCUT2D eigenvalue weighted by atomic mass is 32.2. The SMILES string of the molecule is CCS(=O)(=O)N1CCC(C(=O)N[C@H](C)COc2ccccc2C)CC1. The van der Waals surface area contributed by atoms with Crippen LogP contribution in [0.1, 0.15) is 32.3 Å². The molecule has 0 spiro atoms. The van der Waals surface area contributed by atoms with Crippen molar-refractivity contribution in [3.63, 3.8) is 0 Å². The van der Waals surface area contributed by atoms with E-state index < -0.39 is 10.0 Å². The second kappa shape index (κ2) is 8.67. The third-order valence-corrected chi connectivity index (χ3v) is 6.44. The molecule has 1 N–H and O–H groups in total. The summed E-state index contributed by atoms with van der Waals surface area (Å²) in [6.07, 6.45) is 1.13. The summed E-state index contributed by atoms with van der Waals surface area (Å²) in [5, 5.41) is 2.97. The molecule has 2 rings (SSSR count). The van der Waals surface area contributed by atoms with Crippen LogP contribution in [0.5, 0.6) is 5.75 Å². The molecule has 1 aliphatic heterocycles. The van der Waals surface area contributed by atoms with Crippen LogP contribution >= 0.6 is 0 Å². The largest absolute Gasteiger partial charge is 0.491 e. The first-order chi connectivity index (χ1) is 11.8. The van der Waals surface area contributed by atoms with Crippen LogP contribution in [0.2, 0.25) is 0 Å². The summed E-state index contributed by atoms with van der Waals surface area (Å²) in [4.78, 5) is 12.4. The van der Waals surface area contributed by atoms with Crippen LogP contribution in [0.25, 0.3) is 0 Å². The highest BCUT2D eigenvalue weighted by Crippen LogP contribution is 2.20. The van der Waals surface area contributed by atoms with Gasteiger partial charge >= 0.3 is 0 Å². The molecular formula is C18H28N2O4S. The lowest BCUT2D eigenvalue weighted by Crippen LogP contribution is -2.46. The number of carbonyl (C=O) groups is 1. The number of rotatable bonds is 7. The molecule has 25 heavy (non-hydrogen) atoms. The quantitative estimate of drug-likeness (QED) is 0.798. The summed E-state index contributed by atoms with van der Waals surface area (Å²) in [5.74, 6) is 0.775. The van der Waals surface area contributed by atoms with Gasteiger partial charge < -0.3 is 10.1 Å². The van der Waals surface area contributed by atoms with Crippen molar-refractivity contribution in [3.8, 4) is 5.75 Å². The van der Waals surface area contributed by atoms with E-state index in [2.05, 4.69) is 5.32 Å². The molecule has 0 unspecified atom stereocenters. The Kier molecular flexibility index (Phi) is 6.84. The zero-order chi connectivity index (χ0) is 18.4. The van der Waals surface area contributed by atoms with Gasteiger partial charge in [-0.1, -0.05) is 18.2 Å². The Morgan fingerprint density at radius 1 is 1.32 bits per heavy atom. The van der Waals surface area contributed by atoms with Crippen LogP contribution in [0, 0.1) is 12.8 Å². The number of nitrogens with one attached hydrogen (secondary N) is 1. The maximum Gasteiger partial charge on any atom is 0.223 e. The van der Waals surface area contributed by atoms with Gasteiger partial charge in [0.15, 0.2) is 0 Å². The smallest absolute Gasteiger partial charge is 0.223 e. The molecule has 1 saturated heterocycles. The van der Waals surface area contributed by atoms with Gasteiger partial charge in [0.2, 0.25) is 15.9 Å². The average molecular weight is 368 g/mol. The summed E-state index contributed by atoms with van der Waals surface area (Å²) in [6, 6.07) is 7.66. The number of para-hydroxylation sites is 1. The fourth-order valence-electron chi connectivity index (χ4n) is 2.91. The summed E-state index contributed by atoms with van der Waals surface area (Å²) < 4.78 is 31.0. The molecule has 0 aromatic heterocycles. The van der Waals surface area contributed by atoms with Gasteiger partial charge in [-0.2, -0.15) is 0 Å². The number of sulfonamides is 1. The molecule has 1 aliphatic rings. The Hall–Kier alpha value is -1.60. The van der Waals surface area contributed by atoms with Crippen LogP contribution in [0.4, 0.5) is 0 Å². The monoisotopic (exact) mass is 368 g/mol. The normalized spacial score (nSPS) is 17.9. The van der Waals surface area contributed by atoms with Crippen LogP contribution < -0.4 is 10.1 Å². The van der Waals surface area contributed by atoms with E-state index in [0.717, 1.165) is 11.3 Å². The predicted molar refractivity (Wildman–Crippen MR) is 98.0 cm³/mol. The third-order valence-electron chi connectivity index (χ3n) is 4.55. The van der Waals surface area contributed by atoms with Crippen LogP contribution in [0.15, 0.2) is 24.3 Å². The van der Waals surface area contributed by atoms with Gasteiger partial charge in [0.1, 0.15) is 12.4 Å². The van der Waals surface area contributed by atoms with Crippen LogP contribution in [-0.4, -0.2) is 50.1 Å². The van der Waals surface area contributed by atoms with Crippen molar-refractivity contribution in [2.75, 3.05) is 25.4 Å². The first kappa shape index (κ1) is 19.7. The number of benzene rings is 1. The fourth-order valence-corrected chi connectivity index (χ4v) is 4.05. The van der Waals surface area contributed by atoms with E-state index in [1.807, 2.05) is 38.1 Å². The topological polar surface area (TPSA) is 75.7 Å². The lowest BCUT2D eigenvalue weighted by Gasteiger charge is -2.30. The summed E-state index contributed by atoms with van der Waals surface area (Å²) in [7, 11) is -3.16. The van der Waals surface area contributed by atoms with E-state index in [9.17, 15) is 13.2 Å². The van der Waals surface area contributed by atoms with Crippen molar-refractivity contribution in [2.45, 2.75) is 39.7 Å². The first-order valence-corrected chi connectivity index (χ1v) is 10.4. The maximum atomic E-state index is 12.4. The van der Waals surface area contributed by atoms with Gasteiger partial charge in [0.05, 0.1) is 11.8 Å². The van der Waals surface area contributed by atoms with Crippen molar-refractivity contribution >= 4 is 15.9 Å².